The van der Waals surface area contributed by atoms with Crippen LogP contribution in [0.5, 0.6) is 0 Å². The quantitative estimate of drug-likeness (QED) is 0.619. The van der Waals surface area contributed by atoms with Gasteiger partial charge in [-0.25, -0.2) is 0 Å². The van der Waals surface area contributed by atoms with Crippen molar-refractivity contribution in [2.24, 2.45) is 0 Å². The molecule has 0 radical (unpaired) electrons. The van der Waals surface area contributed by atoms with Crippen LogP contribution in [-0.2, 0) is 17.8 Å². The minimum Gasteiger partial charge on any atom is -0.467 e. The Labute approximate surface area is 155 Å². The highest BCUT2D eigenvalue weighted by Gasteiger charge is 2.27. The van der Waals surface area contributed by atoms with Crippen LogP contribution in [0.15, 0.2) is 44.8 Å². The van der Waals surface area contributed by atoms with Crippen LogP contribution in [0.25, 0.3) is 10.7 Å². The lowest BCUT2D eigenvalue weighted by molar-refractivity contribution is -0.134. The summed E-state index contributed by atoms with van der Waals surface area (Å²) >= 11 is 1.57. The maximum absolute atomic E-state index is 12.9. The van der Waals surface area contributed by atoms with Crippen LogP contribution in [0.1, 0.15) is 43.8 Å². The first-order valence-electron chi connectivity index (χ1n) is 8.98. The third-order valence-electron chi connectivity index (χ3n) is 4.75. The maximum Gasteiger partial charge on any atom is 0.227 e. The van der Waals surface area contributed by atoms with Crippen LogP contribution >= 0.6 is 11.3 Å². The summed E-state index contributed by atoms with van der Waals surface area (Å²) in [5, 5.41) is 5.98. The largest absolute Gasteiger partial charge is 0.467 e. The number of thiophene rings is 1. The molecule has 4 rings (SSSR count). The van der Waals surface area contributed by atoms with Crippen molar-refractivity contribution < 1.29 is 13.7 Å². The summed E-state index contributed by atoms with van der Waals surface area (Å²) in [6, 6.07) is 7.98. The Balaban J connectivity index is 1.39. The summed E-state index contributed by atoms with van der Waals surface area (Å²) in [4.78, 5) is 20.2. The van der Waals surface area contributed by atoms with Crippen molar-refractivity contribution >= 4 is 17.2 Å². The van der Waals surface area contributed by atoms with Crippen LogP contribution in [0.2, 0.25) is 0 Å². The molecular weight excluding hydrogens is 350 g/mol. The molecule has 7 heteroatoms. The molecule has 3 heterocycles. The molecule has 6 nitrogen and oxygen atoms in total. The molecule has 1 amide bonds. The Kier molecular flexibility index (Phi) is 5.15. The third-order valence-corrected chi connectivity index (χ3v) is 5.62. The van der Waals surface area contributed by atoms with E-state index in [2.05, 4.69) is 10.1 Å². The number of amides is 1. The van der Waals surface area contributed by atoms with Crippen molar-refractivity contribution in [1.82, 2.24) is 15.0 Å². The third kappa shape index (κ3) is 3.88. The summed E-state index contributed by atoms with van der Waals surface area (Å²) in [6.07, 6.45) is 6.96. The van der Waals surface area contributed by atoms with Crippen LogP contribution in [0.3, 0.4) is 0 Å². The van der Waals surface area contributed by atoms with Gasteiger partial charge >= 0.3 is 0 Å². The monoisotopic (exact) mass is 371 g/mol. The van der Waals surface area contributed by atoms with E-state index in [0.717, 1.165) is 23.5 Å². The van der Waals surface area contributed by atoms with Crippen molar-refractivity contribution in [2.75, 3.05) is 0 Å². The number of nitrogens with zero attached hydrogens (tertiary/aromatic N) is 3. The average molecular weight is 371 g/mol. The molecule has 0 aliphatic heterocycles. The summed E-state index contributed by atoms with van der Waals surface area (Å²) in [7, 11) is 0. The van der Waals surface area contributed by atoms with Crippen LogP contribution in [-0.4, -0.2) is 27.0 Å². The van der Waals surface area contributed by atoms with E-state index < -0.39 is 0 Å². The molecule has 26 heavy (non-hydrogen) atoms. The number of furan rings is 1. The topological polar surface area (TPSA) is 72.4 Å². The number of carbonyl (C=O) groups excluding carboxylic acids is 1. The number of aromatic nitrogens is 2. The molecule has 0 saturated heterocycles. The van der Waals surface area contributed by atoms with Crippen LogP contribution in [0, 0.1) is 0 Å². The maximum atomic E-state index is 12.9. The van der Waals surface area contributed by atoms with E-state index in [0.29, 0.717) is 37.1 Å². The zero-order valence-corrected chi connectivity index (χ0v) is 15.3. The first kappa shape index (κ1) is 17.0. The van der Waals surface area contributed by atoms with E-state index in [1.807, 2.05) is 34.5 Å². The summed E-state index contributed by atoms with van der Waals surface area (Å²) in [6.45, 7) is 0.529. The van der Waals surface area contributed by atoms with Gasteiger partial charge in [-0.1, -0.05) is 24.1 Å². The Morgan fingerprint density at radius 1 is 1.27 bits per heavy atom. The zero-order chi connectivity index (χ0) is 17.8. The van der Waals surface area contributed by atoms with Gasteiger partial charge < -0.3 is 13.8 Å². The first-order valence-corrected chi connectivity index (χ1v) is 9.86. The summed E-state index contributed by atoms with van der Waals surface area (Å²) < 4.78 is 10.8. The minimum atomic E-state index is 0.115. The van der Waals surface area contributed by atoms with Gasteiger partial charge in [0.15, 0.2) is 0 Å². The number of rotatable bonds is 7. The molecule has 1 saturated carbocycles. The number of aryl methyl sites for hydroxylation is 1. The van der Waals surface area contributed by atoms with E-state index in [9.17, 15) is 4.79 Å². The Hall–Kier alpha value is -2.41. The van der Waals surface area contributed by atoms with Gasteiger partial charge in [0, 0.05) is 18.9 Å². The van der Waals surface area contributed by atoms with Gasteiger partial charge in [0.1, 0.15) is 5.76 Å². The SMILES string of the molecule is O=C(CCc1nc(-c2cccs2)no1)N(Cc1ccco1)C1CCCC1. The fourth-order valence-electron chi connectivity index (χ4n) is 3.43. The molecule has 3 aromatic rings. The predicted octanol–water partition coefficient (Wildman–Crippen LogP) is 4.30. The highest BCUT2D eigenvalue weighted by atomic mass is 32.1. The molecule has 1 fully saturated rings. The standard InChI is InChI=1S/C19H21N3O3S/c23-18(10-9-17-20-19(21-25-17)16-8-4-12-26-16)22(14-5-1-2-6-14)13-15-7-3-11-24-15/h3-4,7-8,11-12,14H,1-2,5-6,9-10,13H2. The number of carbonyl (C=O) groups is 1. The first-order chi connectivity index (χ1) is 12.8. The fourth-order valence-corrected chi connectivity index (χ4v) is 4.08. The van der Waals surface area contributed by atoms with E-state index in [4.69, 9.17) is 8.94 Å². The molecule has 0 aromatic carbocycles. The molecule has 0 spiro atoms. The number of hydrogen-bond acceptors (Lipinski definition) is 6. The lowest BCUT2D eigenvalue weighted by Gasteiger charge is -2.28. The lowest BCUT2D eigenvalue weighted by Crippen LogP contribution is -2.38. The summed E-state index contributed by atoms with van der Waals surface area (Å²) in [5.41, 5.74) is 0. The van der Waals surface area contributed by atoms with Gasteiger partial charge in [-0.2, -0.15) is 4.98 Å². The minimum absolute atomic E-state index is 0.115. The normalized spacial score (nSPS) is 14.8. The summed E-state index contributed by atoms with van der Waals surface area (Å²) in [5.74, 6) is 2.03. The van der Waals surface area contributed by atoms with Crippen molar-refractivity contribution in [3.05, 3.63) is 47.6 Å². The predicted molar refractivity (Wildman–Crippen MR) is 97.4 cm³/mol. The Bertz CT molecular complexity index is 820. The Morgan fingerprint density at radius 2 is 2.15 bits per heavy atom. The lowest BCUT2D eigenvalue weighted by atomic mass is 10.1. The molecule has 1 aliphatic rings. The van der Waals surface area contributed by atoms with Gasteiger partial charge in [-0.05, 0) is 36.4 Å². The van der Waals surface area contributed by atoms with E-state index >= 15 is 0 Å². The van der Waals surface area contributed by atoms with Gasteiger partial charge in [0.05, 0.1) is 17.7 Å². The van der Waals surface area contributed by atoms with E-state index in [1.165, 1.54) is 12.8 Å². The molecule has 0 unspecified atom stereocenters. The highest BCUT2D eigenvalue weighted by molar-refractivity contribution is 7.13. The molecule has 0 atom stereocenters. The molecule has 3 aromatic heterocycles. The van der Waals surface area contributed by atoms with E-state index in [-0.39, 0.29) is 5.91 Å². The second-order valence-corrected chi connectivity index (χ2v) is 7.48. The fraction of sp³-hybridized carbons (Fsp3) is 0.421. The second kappa shape index (κ2) is 7.86. The van der Waals surface area contributed by atoms with Gasteiger partial charge in [0.25, 0.3) is 0 Å². The van der Waals surface area contributed by atoms with Crippen molar-refractivity contribution in [2.45, 2.75) is 51.1 Å². The molecular formula is C19H21N3O3S. The van der Waals surface area contributed by atoms with E-state index in [1.54, 1.807) is 17.6 Å². The highest BCUT2D eigenvalue weighted by Crippen LogP contribution is 2.26. The molecule has 0 N–H and O–H groups in total. The van der Waals surface area contributed by atoms with Gasteiger partial charge in [-0.15, -0.1) is 11.3 Å². The molecule has 136 valence electrons. The van der Waals surface area contributed by atoms with Crippen molar-refractivity contribution in [1.29, 1.82) is 0 Å². The molecule has 1 aliphatic carbocycles. The smallest absolute Gasteiger partial charge is 0.227 e. The Morgan fingerprint density at radius 3 is 2.88 bits per heavy atom. The van der Waals surface area contributed by atoms with Gasteiger partial charge in [0.2, 0.25) is 17.6 Å². The average Bonchev–Trinajstić information content (AvgIpc) is 3.44. The molecule has 0 bridgehead atoms. The second-order valence-electron chi connectivity index (χ2n) is 6.53. The zero-order valence-electron chi connectivity index (χ0n) is 14.5. The van der Waals surface area contributed by atoms with Crippen LogP contribution < -0.4 is 0 Å². The van der Waals surface area contributed by atoms with Crippen LogP contribution in [0.4, 0.5) is 0 Å². The van der Waals surface area contributed by atoms with Crippen molar-refractivity contribution in [3.8, 4) is 10.7 Å². The van der Waals surface area contributed by atoms with Gasteiger partial charge in [-0.3, -0.25) is 4.79 Å². The number of hydrogen-bond donors (Lipinski definition) is 0. The van der Waals surface area contributed by atoms with Crippen molar-refractivity contribution in [3.63, 3.8) is 0 Å².